The van der Waals surface area contributed by atoms with E-state index in [2.05, 4.69) is 11.4 Å². The summed E-state index contributed by atoms with van der Waals surface area (Å²) < 4.78 is 0. The van der Waals surface area contributed by atoms with E-state index in [0.29, 0.717) is 31.8 Å². The topological polar surface area (TPSA) is 99.2 Å². The molecule has 0 bridgehead atoms. The Balaban J connectivity index is 1.78. The van der Waals surface area contributed by atoms with Crippen LogP contribution in [0.4, 0.5) is 0 Å². The zero-order valence-electron chi connectivity index (χ0n) is 13.1. The highest BCUT2D eigenvalue weighted by Gasteiger charge is 2.40. The minimum Gasteiger partial charge on any atom is -0.369 e. The number of nitriles is 1. The number of carbonyl (C=O) groups is 2. The molecular weight excluding hydrogens is 280 g/mol. The first-order chi connectivity index (χ1) is 10.5. The Morgan fingerprint density at radius 3 is 2.68 bits per heavy atom. The molecule has 2 fully saturated rings. The van der Waals surface area contributed by atoms with Crippen molar-refractivity contribution >= 4 is 11.8 Å². The van der Waals surface area contributed by atoms with E-state index in [1.165, 1.54) is 32.1 Å². The fourth-order valence-electron chi connectivity index (χ4n) is 3.61. The van der Waals surface area contributed by atoms with Crippen molar-refractivity contribution in [2.45, 2.75) is 56.9 Å². The maximum atomic E-state index is 12.2. The first kappa shape index (κ1) is 16.8. The summed E-state index contributed by atoms with van der Waals surface area (Å²) in [6, 6.07) is 2.22. The van der Waals surface area contributed by atoms with Crippen molar-refractivity contribution in [3.8, 4) is 6.07 Å². The molecule has 1 unspecified atom stereocenters. The monoisotopic (exact) mass is 306 g/mol. The summed E-state index contributed by atoms with van der Waals surface area (Å²) in [6.07, 6.45) is 8.27. The summed E-state index contributed by atoms with van der Waals surface area (Å²) in [7, 11) is 0. The summed E-state index contributed by atoms with van der Waals surface area (Å²) in [6.45, 7) is 1.13. The van der Waals surface area contributed by atoms with Gasteiger partial charge in [0.1, 0.15) is 5.54 Å². The summed E-state index contributed by atoms with van der Waals surface area (Å²) in [5, 5.41) is 12.3. The molecule has 1 saturated heterocycles. The van der Waals surface area contributed by atoms with E-state index in [9.17, 15) is 14.9 Å². The second kappa shape index (κ2) is 7.59. The molecule has 1 heterocycles. The van der Waals surface area contributed by atoms with E-state index in [1.807, 2.05) is 4.90 Å². The minimum absolute atomic E-state index is 0.0481. The van der Waals surface area contributed by atoms with Crippen LogP contribution in [0.2, 0.25) is 0 Å². The Hall–Kier alpha value is -1.61. The lowest BCUT2D eigenvalue weighted by atomic mass is 9.86. The maximum Gasteiger partial charge on any atom is 0.231 e. The Kier molecular flexibility index (Phi) is 5.78. The van der Waals surface area contributed by atoms with Crippen LogP contribution in [-0.4, -0.2) is 41.9 Å². The van der Waals surface area contributed by atoms with Gasteiger partial charge < -0.3 is 11.1 Å². The summed E-state index contributed by atoms with van der Waals surface area (Å²) >= 11 is 0. The number of rotatable bonds is 6. The van der Waals surface area contributed by atoms with Gasteiger partial charge in [-0.25, -0.2) is 0 Å². The highest BCUT2D eigenvalue weighted by Crippen LogP contribution is 2.27. The van der Waals surface area contributed by atoms with E-state index >= 15 is 0 Å². The van der Waals surface area contributed by atoms with Gasteiger partial charge in [-0.2, -0.15) is 5.26 Å². The quantitative estimate of drug-likeness (QED) is 0.762. The number of amides is 2. The zero-order valence-corrected chi connectivity index (χ0v) is 13.1. The Labute approximate surface area is 132 Å². The molecule has 1 aliphatic heterocycles. The van der Waals surface area contributed by atoms with Crippen molar-refractivity contribution in [3.05, 3.63) is 0 Å². The van der Waals surface area contributed by atoms with Crippen LogP contribution in [0.3, 0.4) is 0 Å². The molecule has 2 aliphatic rings. The number of nitrogens with two attached hydrogens (primary N) is 1. The van der Waals surface area contributed by atoms with Gasteiger partial charge in [-0.15, -0.1) is 0 Å². The fraction of sp³-hybridized carbons (Fsp3) is 0.812. The zero-order chi connectivity index (χ0) is 16.0. The van der Waals surface area contributed by atoms with Crippen molar-refractivity contribution < 1.29 is 9.59 Å². The average molecular weight is 306 g/mol. The van der Waals surface area contributed by atoms with Gasteiger partial charge in [0.25, 0.3) is 0 Å². The van der Waals surface area contributed by atoms with Crippen molar-refractivity contribution in [2.24, 2.45) is 11.7 Å². The summed E-state index contributed by atoms with van der Waals surface area (Å²) in [5.74, 6) is 0.206. The molecule has 0 radical (unpaired) electrons. The molecular formula is C16H26N4O2. The normalized spacial score (nSPS) is 26.5. The lowest BCUT2D eigenvalue weighted by Crippen LogP contribution is -2.50. The molecule has 3 N–H and O–H groups in total. The van der Waals surface area contributed by atoms with E-state index in [1.54, 1.807) is 0 Å². The van der Waals surface area contributed by atoms with Crippen LogP contribution in [0.25, 0.3) is 0 Å². The third-order valence-electron chi connectivity index (χ3n) is 4.82. The number of carbonyl (C=O) groups excluding carboxylic acids is 2. The Morgan fingerprint density at radius 1 is 1.32 bits per heavy atom. The number of hydrogen-bond acceptors (Lipinski definition) is 4. The van der Waals surface area contributed by atoms with Crippen molar-refractivity contribution in [1.29, 1.82) is 5.26 Å². The highest BCUT2D eigenvalue weighted by atomic mass is 16.2. The molecule has 0 spiro atoms. The van der Waals surface area contributed by atoms with Gasteiger partial charge >= 0.3 is 0 Å². The summed E-state index contributed by atoms with van der Waals surface area (Å²) in [5.41, 5.74) is 4.32. The SMILES string of the molecule is N#CC1(NC(=O)CCC2CCCCC2)CCN(CC(N)=O)C1. The average Bonchev–Trinajstić information content (AvgIpc) is 2.89. The lowest BCUT2D eigenvalue weighted by molar-refractivity contribution is -0.122. The van der Waals surface area contributed by atoms with Gasteiger partial charge in [0.2, 0.25) is 11.8 Å². The van der Waals surface area contributed by atoms with Gasteiger partial charge in [-0.05, 0) is 18.8 Å². The van der Waals surface area contributed by atoms with Gasteiger partial charge in [-0.3, -0.25) is 14.5 Å². The number of hydrogen-bond donors (Lipinski definition) is 2. The van der Waals surface area contributed by atoms with E-state index in [4.69, 9.17) is 5.73 Å². The number of likely N-dealkylation sites (tertiary alicyclic amines) is 1. The van der Waals surface area contributed by atoms with Crippen LogP contribution in [0, 0.1) is 17.2 Å². The largest absolute Gasteiger partial charge is 0.369 e. The van der Waals surface area contributed by atoms with Crippen LogP contribution < -0.4 is 11.1 Å². The Morgan fingerprint density at radius 2 is 2.05 bits per heavy atom. The molecule has 0 aromatic rings. The molecule has 0 aromatic carbocycles. The van der Waals surface area contributed by atoms with Crippen molar-refractivity contribution in [1.82, 2.24) is 10.2 Å². The van der Waals surface area contributed by atoms with Crippen LogP contribution in [-0.2, 0) is 9.59 Å². The predicted octanol–water partition coefficient (Wildman–Crippen LogP) is 0.916. The smallest absolute Gasteiger partial charge is 0.231 e. The lowest BCUT2D eigenvalue weighted by Gasteiger charge is -2.25. The number of nitrogens with one attached hydrogen (secondary N) is 1. The third kappa shape index (κ3) is 4.70. The molecule has 1 aliphatic carbocycles. The minimum atomic E-state index is -0.862. The second-order valence-corrected chi connectivity index (χ2v) is 6.71. The van der Waals surface area contributed by atoms with Crippen LogP contribution >= 0.6 is 0 Å². The number of primary amides is 1. The number of nitrogens with zero attached hydrogens (tertiary/aromatic N) is 2. The van der Waals surface area contributed by atoms with Gasteiger partial charge in [0, 0.05) is 19.5 Å². The fourth-order valence-corrected chi connectivity index (χ4v) is 3.61. The molecule has 6 nitrogen and oxygen atoms in total. The molecule has 1 atom stereocenters. The molecule has 6 heteroatoms. The predicted molar refractivity (Wildman–Crippen MR) is 82.5 cm³/mol. The van der Waals surface area contributed by atoms with Crippen LogP contribution in [0.5, 0.6) is 0 Å². The molecule has 22 heavy (non-hydrogen) atoms. The first-order valence-electron chi connectivity index (χ1n) is 8.26. The molecule has 122 valence electrons. The van der Waals surface area contributed by atoms with Gasteiger partial charge in [0.15, 0.2) is 0 Å². The van der Waals surface area contributed by atoms with E-state index in [-0.39, 0.29) is 12.5 Å². The molecule has 1 saturated carbocycles. The highest BCUT2D eigenvalue weighted by molar-refractivity contribution is 5.78. The molecule has 2 rings (SSSR count). The third-order valence-corrected chi connectivity index (χ3v) is 4.82. The first-order valence-corrected chi connectivity index (χ1v) is 8.26. The van der Waals surface area contributed by atoms with Gasteiger partial charge in [0.05, 0.1) is 12.6 Å². The van der Waals surface area contributed by atoms with Crippen LogP contribution in [0.15, 0.2) is 0 Å². The Bertz CT molecular complexity index is 454. The van der Waals surface area contributed by atoms with E-state index < -0.39 is 11.4 Å². The van der Waals surface area contributed by atoms with Crippen LogP contribution in [0.1, 0.15) is 51.4 Å². The second-order valence-electron chi connectivity index (χ2n) is 6.71. The molecule has 0 aromatic heterocycles. The van der Waals surface area contributed by atoms with Gasteiger partial charge in [-0.1, -0.05) is 32.1 Å². The van der Waals surface area contributed by atoms with Crippen molar-refractivity contribution in [3.63, 3.8) is 0 Å². The summed E-state index contributed by atoms with van der Waals surface area (Å²) in [4.78, 5) is 25.0. The van der Waals surface area contributed by atoms with Crippen molar-refractivity contribution in [2.75, 3.05) is 19.6 Å². The van der Waals surface area contributed by atoms with E-state index in [0.717, 1.165) is 6.42 Å². The maximum absolute atomic E-state index is 12.2. The standard InChI is InChI=1S/C16H26N4O2/c17-11-16(8-9-20(12-16)10-14(18)21)19-15(22)7-6-13-4-2-1-3-5-13/h13H,1-10,12H2,(H2,18,21)(H,19,22). The molecule has 2 amide bonds.